The highest BCUT2D eigenvalue weighted by atomic mass is 16.5. The summed E-state index contributed by atoms with van der Waals surface area (Å²) in [4.78, 5) is 19.9. The van der Waals surface area contributed by atoms with Crippen molar-refractivity contribution in [1.82, 2.24) is 25.0 Å². The van der Waals surface area contributed by atoms with Gasteiger partial charge in [-0.25, -0.2) is 0 Å². The van der Waals surface area contributed by atoms with Gasteiger partial charge < -0.3 is 10.1 Å². The van der Waals surface area contributed by atoms with Crippen LogP contribution < -0.4 is 5.32 Å². The van der Waals surface area contributed by atoms with E-state index in [2.05, 4.69) is 20.3 Å². The molecule has 0 aromatic carbocycles. The van der Waals surface area contributed by atoms with Crippen LogP contribution in [0.2, 0.25) is 0 Å². The van der Waals surface area contributed by atoms with E-state index >= 15 is 0 Å². The van der Waals surface area contributed by atoms with Crippen LogP contribution in [0.4, 0.5) is 0 Å². The fourth-order valence-electron chi connectivity index (χ4n) is 4.12. The van der Waals surface area contributed by atoms with E-state index in [1.807, 2.05) is 31.4 Å². The molecule has 7 nitrogen and oxygen atoms in total. The molecule has 0 radical (unpaired) electrons. The van der Waals surface area contributed by atoms with Crippen LogP contribution in [0, 0.1) is 0 Å². The molecule has 1 aliphatic heterocycles. The topological polar surface area (TPSA) is 72.3 Å². The zero-order chi connectivity index (χ0) is 18.6. The first-order chi connectivity index (χ1) is 13.2. The minimum absolute atomic E-state index is 0.0395. The Morgan fingerprint density at radius 3 is 2.85 bits per heavy atom. The first kappa shape index (κ1) is 18.1. The fraction of sp³-hybridized carbons (Fsp3) is 0.550. The minimum atomic E-state index is -0.0395. The van der Waals surface area contributed by atoms with Crippen LogP contribution in [0.3, 0.4) is 0 Å². The van der Waals surface area contributed by atoms with Crippen molar-refractivity contribution >= 4 is 5.91 Å². The molecule has 0 bridgehead atoms. The molecule has 1 atom stereocenters. The zero-order valence-electron chi connectivity index (χ0n) is 15.9. The van der Waals surface area contributed by atoms with E-state index in [-0.39, 0.29) is 11.9 Å². The normalized spacial score (nSPS) is 18.7. The zero-order valence-corrected chi connectivity index (χ0v) is 15.9. The summed E-state index contributed by atoms with van der Waals surface area (Å²) in [7, 11) is 1.87. The molecule has 4 rings (SSSR count). The molecule has 1 amide bonds. The molecule has 1 N–H and O–H groups in total. The Hall–Kier alpha value is -2.25. The highest BCUT2D eigenvalue weighted by molar-refractivity contribution is 5.94. The largest absolute Gasteiger partial charge is 0.379 e. The molecule has 0 spiro atoms. The van der Waals surface area contributed by atoms with Gasteiger partial charge in [-0.05, 0) is 37.8 Å². The lowest BCUT2D eigenvalue weighted by molar-refractivity contribution is 0.0153. The lowest BCUT2D eigenvalue weighted by Crippen LogP contribution is -2.44. The number of fused-ring (bicyclic) bond motifs is 1. The standard InChI is InChI=1S/C20H27N5O2/c1-24-19(15-6-2-3-7-16(15)23-24)20(26)22-14-18(17-8-4-5-9-21-17)25-10-12-27-13-11-25/h4-5,8-9,18H,2-3,6-7,10-14H2,1H3,(H,22,26). The van der Waals surface area contributed by atoms with E-state index in [4.69, 9.17) is 4.74 Å². The van der Waals surface area contributed by atoms with Gasteiger partial charge in [0.15, 0.2) is 0 Å². The number of rotatable bonds is 5. The molecule has 1 unspecified atom stereocenters. The van der Waals surface area contributed by atoms with Gasteiger partial charge in [-0.2, -0.15) is 5.10 Å². The van der Waals surface area contributed by atoms with Crippen LogP contribution in [0.25, 0.3) is 0 Å². The highest BCUT2D eigenvalue weighted by Gasteiger charge is 2.27. The molecular weight excluding hydrogens is 342 g/mol. The van der Waals surface area contributed by atoms with Crippen molar-refractivity contribution in [2.24, 2.45) is 7.05 Å². The third-order valence-corrected chi connectivity index (χ3v) is 5.51. The molecule has 144 valence electrons. The SMILES string of the molecule is Cn1nc2c(c1C(=O)NCC(c1ccccn1)N1CCOCC1)CCCC2. The number of pyridine rings is 1. The average Bonchev–Trinajstić information content (AvgIpc) is 3.05. The summed E-state index contributed by atoms with van der Waals surface area (Å²) < 4.78 is 7.23. The number of hydrogen-bond donors (Lipinski definition) is 1. The van der Waals surface area contributed by atoms with Crippen LogP contribution in [0.15, 0.2) is 24.4 Å². The van der Waals surface area contributed by atoms with E-state index in [0.717, 1.165) is 55.7 Å². The number of ether oxygens (including phenoxy) is 1. The molecule has 2 aromatic rings. The Kier molecular flexibility index (Phi) is 5.50. The van der Waals surface area contributed by atoms with Gasteiger partial charge in [-0.3, -0.25) is 19.4 Å². The Bertz CT molecular complexity index is 783. The Morgan fingerprint density at radius 1 is 1.26 bits per heavy atom. The molecular formula is C20H27N5O2. The van der Waals surface area contributed by atoms with Crippen molar-refractivity contribution in [3.8, 4) is 0 Å². The molecule has 3 heterocycles. The second-order valence-corrected chi connectivity index (χ2v) is 7.23. The number of aromatic nitrogens is 3. The molecule has 2 aromatic heterocycles. The minimum Gasteiger partial charge on any atom is -0.379 e. The molecule has 27 heavy (non-hydrogen) atoms. The average molecular weight is 369 g/mol. The summed E-state index contributed by atoms with van der Waals surface area (Å²) in [6.07, 6.45) is 6.01. The summed E-state index contributed by atoms with van der Waals surface area (Å²) in [6.45, 7) is 3.64. The van der Waals surface area contributed by atoms with Crippen LogP contribution in [-0.2, 0) is 24.6 Å². The van der Waals surface area contributed by atoms with E-state index in [1.54, 1.807) is 4.68 Å². The second-order valence-electron chi connectivity index (χ2n) is 7.23. The summed E-state index contributed by atoms with van der Waals surface area (Å²) in [5, 5.41) is 7.71. The predicted octanol–water partition coefficient (Wildman–Crippen LogP) is 1.50. The van der Waals surface area contributed by atoms with Crippen LogP contribution >= 0.6 is 0 Å². The third kappa shape index (κ3) is 3.89. The van der Waals surface area contributed by atoms with Gasteiger partial charge in [-0.15, -0.1) is 0 Å². The molecule has 7 heteroatoms. The molecule has 1 saturated heterocycles. The van der Waals surface area contributed by atoms with Crippen molar-refractivity contribution in [2.45, 2.75) is 31.7 Å². The van der Waals surface area contributed by atoms with Gasteiger partial charge in [-0.1, -0.05) is 6.07 Å². The molecule has 1 fully saturated rings. The van der Waals surface area contributed by atoms with Gasteiger partial charge >= 0.3 is 0 Å². The number of hydrogen-bond acceptors (Lipinski definition) is 5. The number of nitrogens with zero attached hydrogens (tertiary/aromatic N) is 4. The van der Waals surface area contributed by atoms with E-state index < -0.39 is 0 Å². The van der Waals surface area contributed by atoms with E-state index in [9.17, 15) is 4.79 Å². The second kappa shape index (κ2) is 8.19. The summed E-state index contributed by atoms with van der Waals surface area (Å²) in [5.41, 5.74) is 3.91. The fourth-order valence-corrected chi connectivity index (χ4v) is 4.12. The van der Waals surface area contributed by atoms with Crippen molar-refractivity contribution < 1.29 is 9.53 Å². The summed E-state index contributed by atoms with van der Waals surface area (Å²) >= 11 is 0. The van der Waals surface area contributed by atoms with Crippen LogP contribution in [-0.4, -0.2) is 58.4 Å². The lowest BCUT2D eigenvalue weighted by Gasteiger charge is -2.34. The maximum absolute atomic E-state index is 13.0. The van der Waals surface area contributed by atoms with Gasteiger partial charge in [0, 0.05) is 38.4 Å². The number of carbonyl (C=O) groups is 1. The van der Waals surface area contributed by atoms with Gasteiger partial charge in [0.25, 0.3) is 5.91 Å². The molecule has 1 aliphatic carbocycles. The molecule has 0 saturated carbocycles. The van der Waals surface area contributed by atoms with Gasteiger partial charge in [0.05, 0.1) is 30.6 Å². The van der Waals surface area contributed by atoms with Crippen molar-refractivity contribution in [2.75, 3.05) is 32.8 Å². The van der Waals surface area contributed by atoms with Crippen LogP contribution in [0.5, 0.6) is 0 Å². The number of carbonyl (C=O) groups excluding carboxylic acids is 1. The summed E-state index contributed by atoms with van der Waals surface area (Å²) in [5.74, 6) is -0.0395. The highest BCUT2D eigenvalue weighted by Crippen LogP contribution is 2.24. The summed E-state index contributed by atoms with van der Waals surface area (Å²) in [6, 6.07) is 5.98. The van der Waals surface area contributed by atoms with Crippen molar-refractivity contribution in [3.05, 3.63) is 47.0 Å². The smallest absolute Gasteiger partial charge is 0.269 e. The lowest BCUT2D eigenvalue weighted by atomic mass is 9.95. The number of aryl methyl sites for hydroxylation is 2. The number of morpholine rings is 1. The van der Waals surface area contributed by atoms with E-state index in [0.29, 0.717) is 25.5 Å². The Labute approximate surface area is 159 Å². The third-order valence-electron chi connectivity index (χ3n) is 5.51. The first-order valence-corrected chi connectivity index (χ1v) is 9.79. The maximum Gasteiger partial charge on any atom is 0.269 e. The molecule has 2 aliphatic rings. The maximum atomic E-state index is 13.0. The monoisotopic (exact) mass is 369 g/mol. The Balaban J connectivity index is 1.51. The number of nitrogens with one attached hydrogen (secondary N) is 1. The van der Waals surface area contributed by atoms with Crippen molar-refractivity contribution in [3.63, 3.8) is 0 Å². The van der Waals surface area contributed by atoms with Gasteiger partial charge in [0.2, 0.25) is 0 Å². The van der Waals surface area contributed by atoms with Crippen molar-refractivity contribution in [1.29, 1.82) is 0 Å². The predicted molar refractivity (Wildman–Crippen MR) is 102 cm³/mol. The van der Waals surface area contributed by atoms with Crippen LogP contribution in [0.1, 0.15) is 46.3 Å². The van der Waals surface area contributed by atoms with Gasteiger partial charge in [0.1, 0.15) is 5.69 Å². The quantitative estimate of drug-likeness (QED) is 0.865. The Morgan fingerprint density at radius 2 is 2.07 bits per heavy atom. The number of amides is 1. The van der Waals surface area contributed by atoms with E-state index in [1.165, 1.54) is 0 Å². The first-order valence-electron chi connectivity index (χ1n) is 9.79.